The van der Waals surface area contributed by atoms with Crippen molar-refractivity contribution < 1.29 is 19.0 Å². The molecular weight excluding hydrogens is 444 g/mol. The quantitative estimate of drug-likeness (QED) is 0.426. The van der Waals surface area contributed by atoms with Crippen molar-refractivity contribution in [3.05, 3.63) is 53.9 Å². The average Bonchev–Trinajstić information content (AvgIpc) is 2.88. The summed E-state index contributed by atoms with van der Waals surface area (Å²) in [5.41, 5.74) is 1.99. The normalized spacial score (nSPS) is 16.2. The highest BCUT2D eigenvalue weighted by atomic mass is 16.5. The van der Waals surface area contributed by atoms with E-state index in [1.54, 1.807) is 14.2 Å². The smallest absolute Gasteiger partial charge is 0.310 e. The van der Waals surface area contributed by atoms with E-state index in [0.29, 0.717) is 37.7 Å². The zero-order chi connectivity index (χ0) is 24.8. The van der Waals surface area contributed by atoms with Crippen LogP contribution in [-0.4, -0.2) is 61.8 Å². The molecule has 0 aliphatic carbocycles. The molecule has 1 aliphatic rings. The average molecular weight is 479 g/mol. The SMILES string of the molecule is CCOC(=O)C1CCCN(Cc2nc(N(C)Cc3ccc(OC)c(OC)c3)c3ccccc3n2)C1. The Hall–Kier alpha value is -3.39. The van der Waals surface area contributed by atoms with E-state index in [9.17, 15) is 4.79 Å². The molecule has 4 rings (SSSR count). The first-order valence-electron chi connectivity index (χ1n) is 12.1. The molecule has 0 saturated carbocycles. The summed E-state index contributed by atoms with van der Waals surface area (Å²) in [5, 5.41) is 1.00. The Morgan fingerprint density at radius 2 is 1.91 bits per heavy atom. The third-order valence-corrected chi connectivity index (χ3v) is 6.35. The number of anilines is 1. The third-order valence-electron chi connectivity index (χ3n) is 6.35. The largest absolute Gasteiger partial charge is 0.493 e. The molecule has 1 aromatic heterocycles. The van der Waals surface area contributed by atoms with Gasteiger partial charge in [-0.15, -0.1) is 0 Å². The highest BCUT2D eigenvalue weighted by Gasteiger charge is 2.27. The predicted octanol–water partition coefficient (Wildman–Crippen LogP) is 4.06. The Kier molecular flexibility index (Phi) is 8.02. The van der Waals surface area contributed by atoms with Gasteiger partial charge < -0.3 is 19.1 Å². The number of ether oxygens (including phenoxy) is 3. The molecule has 1 aliphatic heterocycles. The van der Waals surface area contributed by atoms with Crippen LogP contribution in [0.15, 0.2) is 42.5 Å². The molecule has 0 N–H and O–H groups in total. The maximum Gasteiger partial charge on any atom is 0.310 e. The number of benzene rings is 2. The molecule has 8 nitrogen and oxygen atoms in total. The number of hydrogen-bond donors (Lipinski definition) is 0. The number of likely N-dealkylation sites (tertiary alicyclic amines) is 1. The van der Waals surface area contributed by atoms with E-state index in [2.05, 4.69) is 15.9 Å². The van der Waals surface area contributed by atoms with Gasteiger partial charge in [-0.2, -0.15) is 0 Å². The number of piperidine rings is 1. The minimum Gasteiger partial charge on any atom is -0.493 e. The lowest BCUT2D eigenvalue weighted by atomic mass is 9.98. The maximum atomic E-state index is 12.3. The van der Waals surface area contributed by atoms with E-state index in [-0.39, 0.29) is 11.9 Å². The Morgan fingerprint density at radius 3 is 2.69 bits per heavy atom. The standard InChI is InChI=1S/C27H34N4O4/c1-5-35-27(32)20-9-8-14-31(17-20)18-25-28-22-11-7-6-10-21(22)26(29-25)30(2)16-19-12-13-23(33-3)24(15-19)34-4/h6-7,10-13,15,20H,5,8-9,14,16-18H2,1-4H3. The Balaban J connectivity index is 1.57. The lowest BCUT2D eigenvalue weighted by Crippen LogP contribution is -2.39. The van der Waals surface area contributed by atoms with E-state index in [4.69, 9.17) is 24.2 Å². The van der Waals surface area contributed by atoms with Crippen molar-refractivity contribution in [3.8, 4) is 11.5 Å². The van der Waals surface area contributed by atoms with Gasteiger partial charge in [0.2, 0.25) is 0 Å². The number of methoxy groups -OCH3 is 2. The highest BCUT2D eigenvalue weighted by Crippen LogP contribution is 2.30. The molecule has 3 aromatic rings. The van der Waals surface area contributed by atoms with E-state index in [1.165, 1.54) is 0 Å². The van der Waals surface area contributed by atoms with Gasteiger partial charge in [0.1, 0.15) is 11.6 Å². The molecular formula is C27H34N4O4. The third kappa shape index (κ3) is 5.82. The Morgan fingerprint density at radius 1 is 1.11 bits per heavy atom. The van der Waals surface area contributed by atoms with Crippen LogP contribution in [0.3, 0.4) is 0 Å². The summed E-state index contributed by atoms with van der Waals surface area (Å²) < 4.78 is 16.1. The van der Waals surface area contributed by atoms with Crippen molar-refractivity contribution in [3.63, 3.8) is 0 Å². The van der Waals surface area contributed by atoms with Gasteiger partial charge in [0.25, 0.3) is 0 Å². The van der Waals surface area contributed by atoms with Gasteiger partial charge in [-0.05, 0) is 56.1 Å². The van der Waals surface area contributed by atoms with Gasteiger partial charge in [-0.1, -0.05) is 18.2 Å². The zero-order valence-corrected chi connectivity index (χ0v) is 21.0. The lowest BCUT2D eigenvalue weighted by molar-refractivity contribution is -0.150. The molecule has 8 heteroatoms. The molecule has 0 bridgehead atoms. The van der Waals surface area contributed by atoms with E-state index in [1.807, 2.05) is 50.4 Å². The summed E-state index contributed by atoms with van der Waals surface area (Å²) in [4.78, 5) is 26.5. The lowest BCUT2D eigenvalue weighted by Gasteiger charge is -2.31. The van der Waals surface area contributed by atoms with E-state index in [0.717, 1.165) is 47.5 Å². The number of carbonyl (C=O) groups excluding carboxylic acids is 1. The number of aromatic nitrogens is 2. The summed E-state index contributed by atoms with van der Waals surface area (Å²) in [5.74, 6) is 2.84. The first kappa shape index (κ1) is 24.7. The molecule has 1 fully saturated rings. The molecule has 0 spiro atoms. The molecule has 2 heterocycles. The van der Waals surface area contributed by atoms with Crippen LogP contribution in [0.4, 0.5) is 5.82 Å². The van der Waals surface area contributed by atoms with Gasteiger partial charge in [-0.3, -0.25) is 9.69 Å². The van der Waals surface area contributed by atoms with Crippen molar-refractivity contribution in [1.82, 2.24) is 14.9 Å². The van der Waals surface area contributed by atoms with Crippen LogP contribution in [0.25, 0.3) is 10.9 Å². The monoisotopic (exact) mass is 478 g/mol. The van der Waals surface area contributed by atoms with Crippen LogP contribution >= 0.6 is 0 Å². The van der Waals surface area contributed by atoms with Crippen LogP contribution in [0.5, 0.6) is 11.5 Å². The number of para-hydroxylation sites is 1. The summed E-state index contributed by atoms with van der Waals surface area (Å²) in [6.07, 6.45) is 1.83. The summed E-state index contributed by atoms with van der Waals surface area (Å²) >= 11 is 0. The van der Waals surface area contributed by atoms with Crippen LogP contribution in [-0.2, 0) is 22.6 Å². The summed E-state index contributed by atoms with van der Waals surface area (Å²) in [7, 11) is 5.31. The molecule has 186 valence electrons. The second-order valence-electron chi connectivity index (χ2n) is 8.85. The van der Waals surface area contributed by atoms with Crippen molar-refractivity contribution >= 4 is 22.7 Å². The number of esters is 1. The van der Waals surface area contributed by atoms with Crippen molar-refractivity contribution in [2.75, 3.05) is 45.9 Å². The van der Waals surface area contributed by atoms with Crippen molar-refractivity contribution in [2.45, 2.75) is 32.9 Å². The number of fused-ring (bicyclic) bond motifs is 1. The number of rotatable bonds is 9. The first-order valence-corrected chi connectivity index (χ1v) is 12.1. The minimum atomic E-state index is -0.105. The molecule has 2 aromatic carbocycles. The first-order chi connectivity index (χ1) is 17.0. The Labute approximate surface area is 206 Å². The van der Waals surface area contributed by atoms with Gasteiger partial charge in [-0.25, -0.2) is 9.97 Å². The maximum absolute atomic E-state index is 12.3. The molecule has 1 atom stereocenters. The molecule has 1 saturated heterocycles. The van der Waals surface area contributed by atoms with Crippen molar-refractivity contribution in [2.24, 2.45) is 5.92 Å². The van der Waals surface area contributed by atoms with Gasteiger partial charge >= 0.3 is 5.97 Å². The van der Waals surface area contributed by atoms with E-state index < -0.39 is 0 Å². The predicted molar refractivity (Wildman–Crippen MR) is 136 cm³/mol. The summed E-state index contributed by atoms with van der Waals surface area (Å²) in [6.45, 7) is 5.10. The summed E-state index contributed by atoms with van der Waals surface area (Å²) in [6, 6.07) is 14.0. The van der Waals surface area contributed by atoms with Crippen LogP contribution in [0, 0.1) is 5.92 Å². The molecule has 35 heavy (non-hydrogen) atoms. The second kappa shape index (κ2) is 11.4. The molecule has 0 radical (unpaired) electrons. The highest BCUT2D eigenvalue weighted by molar-refractivity contribution is 5.89. The number of nitrogens with zero attached hydrogens (tertiary/aromatic N) is 4. The van der Waals surface area contributed by atoms with E-state index >= 15 is 0 Å². The molecule has 0 amide bonds. The fourth-order valence-corrected chi connectivity index (χ4v) is 4.65. The van der Waals surface area contributed by atoms with Gasteiger partial charge in [0.05, 0.1) is 38.8 Å². The second-order valence-corrected chi connectivity index (χ2v) is 8.85. The zero-order valence-electron chi connectivity index (χ0n) is 21.0. The van der Waals surface area contributed by atoms with Crippen LogP contribution in [0.2, 0.25) is 0 Å². The topological polar surface area (TPSA) is 77.0 Å². The van der Waals surface area contributed by atoms with Crippen LogP contribution in [0.1, 0.15) is 31.2 Å². The fourth-order valence-electron chi connectivity index (χ4n) is 4.65. The molecule has 1 unspecified atom stereocenters. The fraction of sp³-hybridized carbons (Fsp3) is 0.444. The van der Waals surface area contributed by atoms with Crippen molar-refractivity contribution in [1.29, 1.82) is 0 Å². The minimum absolute atomic E-state index is 0.0867. The van der Waals surface area contributed by atoms with Gasteiger partial charge in [0.15, 0.2) is 11.5 Å². The number of hydrogen-bond acceptors (Lipinski definition) is 8. The van der Waals surface area contributed by atoms with Gasteiger partial charge in [0, 0.05) is 25.5 Å². The Bertz CT molecular complexity index is 1170. The number of carbonyl (C=O) groups is 1. The van der Waals surface area contributed by atoms with Crippen LogP contribution < -0.4 is 14.4 Å².